The Kier molecular flexibility index (Phi) is 4.79. The minimum absolute atomic E-state index is 0.372. The fraction of sp³-hybridized carbons (Fsp3) is 0.462. The van der Waals surface area contributed by atoms with Gasteiger partial charge in [-0.2, -0.15) is 0 Å². The lowest BCUT2D eigenvalue weighted by atomic mass is 10.1. The van der Waals surface area contributed by atoms with E-state index in [0.29, 0.717) is 6.54 Å². The van der Waals surface area contributed by atoms with Crippen molar-refractivity contribution in [1.82, 2.24) is 4.90 Å². The zero-order chi connectivity index (χ0) is 14.8. The molecule has 0 unspecified atom stereocenters. The van der Waals surface area contributed by atoms with Crippen LogP contribution in [0.1, 0.15) is 19.4 Å². The first kappa shape index (κ1) is 16.2. The van der Waals surface area contributed by atoms with Crippen LogP contribution in [0, 0.1) is 0 Å². The molecule has 1 amide bonds. The molecule has 0 spiro atoms. The molecule has 1 aromatic rings. The third kappa shape index (κ3) is 3.79. The number of amides is 1. The van der Waals surface area contributed by atoms with Crippen molar-refractivity contribution in [2.75, 3.05) is 13.3 Å². The van der Waals surface area contributed by atoms with Gasteiger partial charge in [-0.15, -0.1) is 0 Å². The summed E-state index contributed by atoms with van der Waals surface area (Å²) in [6.07, 6.45) is 1.08. The molecule has 0 atom stereocenters. The maximum absolute atomic E-state index is 12.2. The van der Waals surface area contributed by atoms with Gasteiger partial charge in [0.2, 0.25) is 5.91 Å². The largest absolute Gasteiger partial charge is 0.340 e. The summed E-state index contributed by atoms with van der Waals surface area (Å²) in [6, 6.07) is 7.56. The molecule has 106 valence electrons. The van der Waals surface area contributed by atoms with Gasteiger partial charge in [-0.3, -0.25) is 4.79 Å². The number of rotatable bonds is 4. The predicted octanol–water partition coefficient (Wildman–Crippen LogP) is 2.23. The Bertz CT molecular complexity index is 581. The van der Waals surface area contributed by atoms with Crippen LogP contribution in [-0.4, -0.2) is 37.3 Å². The van der Waals surface area contributed by atoms with E-state index in [9.17, 15) is 13.2 Å². The lowest BCUT2D eigenvalue weighted by Crippen LogP contribution is -2.47. The van der Waals surface area contributed by atoms with Gasteiger partial charge in [0.25, 0.3) is 0 Å². The molecule has 0 N–H and O–H groups in total. The maximum atomic E-state index is 12.2. The van der Waals surface area contributed by atoms with Crippen LogP contribution in [0.15, 0.2) is 28.7 Å². The molecule has 0 aliphatic carbocycles. The minimum atomic E-state index is -3.45. The lowest BCUT2D eigenvalue weighted by molar-refractivity contribution is -0.132. The van der Waals surface area contributed by atoms with Crippen LogP contribution in [0.3, 0.4) is 0 Å². The number of hydrogen-bond acceptors (Lipinski definition) is 3. The molecular formula is C13H18BrNO3S. The first-order chi connectivity index (χ1) is 8.55. The summed E-state index contributed by atoms with van der Waals surface area (Å²) >= 11 is 3.36. The van der Waals surface area contributed by atoms with E-state index in [4.69, 9.17) is 0 Å². The van der Waals surface area contributed by atoms with E-state index in [-0.39, 0.29) is 0 Å². The molecule has 1 aromatic carbocycles. The van der Waals surface area contributed by atoms with E-state index in [2.05, 4.69) is 15.9 Å². The lowest BCUT2D eigenvalue weighted by Gasteiger charge is -2.28. The highest BCUT2D eigenvalue weighted by Crippen LogP contribution is 2.20. The van der Waals surface area contributed by atoms with Gasteiger partial charge in [0, 0.05) is 24.3 Å². The Balaban J connectivity index is 2.90. The number of sulfone groups is 1. The van der Waals surface area contributed by atoms with Gasteiger partial charge < -0.3 is 4.90 Å². The number of carbonyl (C=O) groups is 1. The monoisotopic (exact) mass is 347 g/mol. The highest BCUT2D eigenvalue weighted by atomic mass is 79.9. The maximum Gasteiger partial charge on any atom is 0.243 e. The molecule has 0 aromatic heterocycles. The van der Waals surface area contributed by atoms with Crippen LogP contribution < -0.4 is 0 Å². The number of nitrogens with zero attached hydrogens (tertiary/aromatic N) is 1. The van der Waals surface area contributed by atoms with Gasteiger partial charge in [-0.25, -0.2) is 8.42 Å². The van der Waals surface area contributed by atoms with E-state index in [1.54, 1.807) is 7.05 Å². The van der Waals surface area contributed by atoms with Crippen LogP contribution in [0.5, 0.6) is 0 Å². The van der Waals surface area contributed by atoms with Crippen molar-refractivity contribution in [2.45, 2.75) is 25.1 Å². The number of carbonyl (C=O) groups excluding carboxylic acids is 1. The number of halogens is 1. The quantitative estimate of drug-likeness (QED) is 0.839. The summed E-state index contributed by atoms with van der Waals surface area (Å²) in [4.78, 5) is 13.7. The van der Waals surface area contributed by atoms with Crippen molar-refractivity contribution in [3.05, 3.63) is 34.3 Å². The average molecular weight is 348 g/mol. The van der Waals surface area contributed by atoms with E-state index < -0.39 is 20.5 Å². The average Bonchev–Trinajstić information content (AvgIpc) is 2.26. The second kappa shape index (κ2) is 5.63. The summed E-state index contributed by atoms with van der Waals surface area (Å²) < 4.78 is 22.8. The topological polar surface area (TPSA) is 54.5 Å². The van der Waals surface area contributed by atoms with Crippen molar-refractivity contribution in [1.29, 1.82) is 0 Å². The van der Waals surface area contributed by atoms with Gasteiger partial charge in [0.05, 0.1) is 0 Å². The zero-order valence-electron chi connectivity index (χ0n) is 11.5. The molecule has 0 saturated heterocycles. The Morgan fingerprint density at radius 1 is 1.37 bits per heavy atom. The third-order valence-corrected chi connectivity index (χ3v) is 5.62. The normalized spacial score (nSPS) is 12.3. The smallest absolute Gasteiger partial charge is 0.243 e. The molecule has 0 aliphatic heterocycles. The first-order valence-corrected chi connectivity index (χ1v) is 8.44. The standard InChI is InChI=1S/C13H18BrNO3S/c1-13(2,19(4,17)18)12(16)15(3)9-10-6-5-7-11(14)8-10/h5-8H,9H2,1-4H3. The van der Waals surface area contributed by atoms with E-state index in [0.717, 1.165) is 16.3 Å². The second-order valence-corrected chi connectivity index (χ2v) is 8.55. The Labute approximate surface area is 122 Å². The van der Waals surface area contributed by atoms with Crippen LogP contribution in [0.25, 0.3) is 0 Å². The van der Waals surface area contributed by atoms with Crippen LogP contribution >= 0.6 is 15.9 Å². The third-order valence-electron chi connectivity index (χ3n) is 3.10. The van der Waals surface area contributed by atoms with Gasteiger partial charge in [0.1, 0.15) is 4.75 Å². The van der Waals surface area contributed by atoms with E-state index in [1.165, 1.54) is 18.7 Å². The first-order valence-electron chi connectivity index (χ1n) is 5.75. The van der Waals surface area contributed by atoms with Crippen LogP contribution in [0.2, 0.25) is 0 Å². The molecule has 0 fully saturated rings. The summed E-state index contributed by atoms with van der Waals surface area (Å²) in [5.41, 5.74) is 0.939. The SMILES string of the molecule is CN(Cc1cccc(Br)c1)C(=O)C(C)(C)S(C)(=O)=O. The molecule has 0 aliphatic rings. The van der Waals surface area contributed by atoms with Crippen LogP contribution in [0.4, 0.5) is 0 Å². The van der Waals surface area contributed by atoms with Crippen molar-refractivity contribution < 1.29 is 13.2 Å². The summed E-state index contributed by atoms with van der Waals surface area (Å²) in [6.45, 7) is 3.24. The number of benzene rings is 1. The highest BCUT2D eigenvalue weighted by Gasteiger charge is 2.40. The predicted molar refractivity (Wildman–Crippen MR) is 79.5 cm³/mol. The Hall–Kier alpha value is -0.880. The van der Waals surface area contributed by atoms with Gasteiger partial charge in [0.15, 0.2) is 9.84 Å². The van der Waals surface area contributed by atoms with Crippen molar-refractivity contribution in [2.24, 2.45) is 0 Å². The molecule has 1 rings (SSSR count). The molecule has 0 bridgehead atoms. The molecule has 19 heavy (non-hydrogen) atoms. The van der Waals surface area contributed by atoms with E-state index >= 15 is 0 Å². The molecule has 4 nitrogen and oxygen atoms in total. The summed E-state index contributed by atoms with van der Waals surface area (Å²) in [5, 5.41) is 0. The molecular weight excluding hydrogens is 330 g/mol. The summed E-state index contributed by atoms with van der Waals surface area (Å²) in [5.74, 6) is -0.407. The number of hydrogen-bond donors (Lipinski definition) is 0. The van der Waals surface area contributed by atoms with Crippen molar-refractivity contribution in [3.8, 4) is 0 Å². The van der Waals surface area contributed by atoms with Gasteiger partial charge in [-0.05, 0) is 31.5 Å². The zero-order valence-corrected chi connectivity index (χ0v) is 13.9. The summed E-state index contributed by atoms with van der Waals surface area (Å²) in [7, 11) is -1.84. The van der Waals surface area contributed by atoms with Crippen LogP contribution in [-0.2, 0) is 21.2 Å². The molecule has 0 saturated carbocycles. The van der Waals surface area contributed by atoms with Gasteiger partial charge in [-0.1, -0.05) is 28.1 Å². The molecule has 0 heterocycles. The van der Waals surface area contributed by atoms with Crippen molar-refractivity contribution in [3.63, 3.8) is 0 Å². The van der Waals surface area contributed by atoms with Crippen molar-refractivity contribution >= 4 is 31.7 Å². The van der Waals surface area contributed by atoms with Gasteiger partial charge >= 0.3 is 0 Å². The molecule has 0 radical (unpaired) electrons. The van der Waals surface area contributed by atoms with E-state index in [1.807, 2.05) is 24.3 Å². The Morgan fingerprint density at radius 2 is 1.95 bits per heavy atom. The molecule has 6 heteroatoms. The fourth-order valence-corrected chi connectivity index (χ4v) is 2.52. The Morgan fingerprint density at radius 3 is 2.42 bits per heavy atom. The minimum Gasteiger partial charge on any atom is -0.340 e. The fourth-order valence-electron chi connectivity index (χ4n) is 1.60. The second-order valence-electron chi connectivity index (χ2n) is 5.07. The highest BCUT2D eigenvalue weighted by molar-refractivity contribution is 9.10.